The third-order valence-corrected chi connectivity index (χ3v) is 12.9. The molecule has 0 saturated heterocycles. The van der Waals surface area contributed by atoms with Crippen LogP contribution in [0.4, 0.5) is 57.4 Å². The number of rotatable bonds is 14. The number of benzene rings is 6. The number of nitrogens with zero attached hydrogens (tertiary/aromatic N) is 9. The van der Waals surface area contributed by atoms with Crippen molar-refractivity contribution in [2.24, 2.45) is 30.7 Å². The maximum Gasteiger partial charge on any atom is 0.296 e. The molecule has 0 saturated carbocycles. The zero-order valence-corrected chi connectivity index (χ0v) is 38.4. The molecule has 350 valence electrons. The van der Waals surface area contributed by atoms with Crippen LogP contribution in [-0.4, -0.2) is 71.9 Å². The lowest BCUT2D eigenvalue weighted by molar-refractivity contribution is 0.472. The third-order valence-electron chi connectivity index (χ3n) is 9.28. The minimum absolute atomic E-state index is 0.0333. The SMILES string of the molecule is Cc1cc(N=Nc2c(S(=O)(=O)O)cc3cc(Nc4nc(Cl)nc(Nc5ccc(S(=O)(=O)O)cc5)n4)ccc3c2O)c(C)cc1N=Nc1ccc(N=Nc2ccc(S(=O)(=O)O)cc2)cc1S(=O)(=O)O. The number of fused-ring (bicyclic) bond motifs is 1. The number of aryl methyl sites for hydroxylation is 2. The molecule has 0 radical (unpaired) electrons. The number of anilines is 4. The Morgan fingerprint density at radius 2 is 0.971 bits per heavy atom. The van der Waals surface area contributed by atoms with Crippen molar-refractivity contribution < 1.29 is 57.0 Å². The van der Waals surface area contributed by atoms with Crippen molar-refractivity contribution >= 4 is 120 Å². The molecule has 0 atom stereocenters. The molecule has 68 heavy (non-hydrogen) atoms. The van der Waals surface area contributed by atoms with Crippen LogP contribution < -0.4 is 10.6 Å². The summed E-state index contributed by atoms with van der Waals surface area (Å²) in [4.78, 5) is 10.0. The second-order valence-electron chi connectivity index (χ2n) is 14.1. The molecular formula is C39H30ClN11O13S4. The Balaban J connectivity index is 1.12. The summed E-state index contributed by atoms with van der Waals surface area (Å²) in [6.07, 6.45) is 0. The summed E-state index contributed by atoms with van der Waals surface area (Å²) in [5.74, 6) is -0.808. The number of azo groups is 3. The van der Waals surface area contributed by atoms with Crippen molar-refractivity contribution in [1.82, 2.24) is 15.0 Å². The Bertz CT molecular complexity index is 3730. The van der Waals surface area contributed by atoms with E-state index in [4.69, 9.17) is 16.2 Å². The Morgan fingerprint density at radius 3 is 1.53 bits per heavy atom. The fourth-order valence-corrected chi connectivity index (χ4v) is 8.44. The molecule has 0 aliphatic rings. The van der Waals surface area contributed by atoms with Crippen LogP contribution in [0.1, 0.15) is 11.1 Å². The first kappa shape index (κ1) is 48.6. The molecule has 0 bridgehead atoms. The molecule has 0 aliphatic carbocycles. The van der Waals surface area contributed by atoms with Gasteiger partial charge in [0.15, 0.2) is 5.75 Å². The molecule has 0 fully saturated rings. The van der Waals surface area contributed by atoms with Gasteiger partial charge in [-0.3, -0.25) is 18.2 Å². The van der Waals surface area contributed by atoms with Gasteiger partial charge in [-0.1, -0.05) is 0 Å². The first-order valence-corrected chi connectivity index (χ1v) is 24.8. The average molecular weight is 1020 g/mol. The molecule has 0 aliphatic heterocycles. The van der Waals surface area contributed by atoms with Gasteiger partial charge in [0.05, 0.1) is 32.5 Å². The van der Waals surface area contributed by atoms with E-state index in [1.54, 1.807) is 13.8 Å². The topological polar surface area (TPSA) is 375 Å². The second kappa shape index (κ2) is 18.8. The van der Waals surface area contributed by atoms with Crippen molar-refractivity contribution in [3.63, 3.8) is 0 Å². The molecule has 1 heterocycles. The summed E-state index contributed by atoms with van der Waals surface area (Å²) in [6, 6.07) is 21.5. The zero-order chi connectivity index (χ0) is 49.3. The Kier molecular flexibility index (Phi) is 13.4. The summed E-state index contributed by atoms with van der Waals surface area (Å²) in [7, 11) is -18.8. The van der Waals surface area contributed by atoms with Crippen LogP contribution in [0.25, 0.3) is 10.8 Å². The van der Waals surface area contributed by atoms with Crippen LogP contribution in [0.5, 0.6) is 5.75 Å². The Labute approximate surface area is 390 Å². The number of phenolic OH excluding ortho intramolecular Hbond substituents is 1. The highest BCUT2D eigenvalue weighted by Gasteiger charge is 2.23. The molecule has 7 rings (SSSR count). The van der Waals surface area contributed by atoms with E-state index in [1.807, 2.05) is 0 Å². The molecule has 29 heteroatoms. The maximum atomic E-state index is 12.6. The first-order chi connectivity index (χ1) is 31.8. The standard InChI is InChI=1S/C39H30ClN11O13S4/c1-20-16-32(21(2)15-31(20)49-48-30-14-8-26(19-33(30)67(59,60)61)47-46-24-5-11-28(12-6-24)66(56,57)58)50-51-35-34(68(62,63)64)18-22-17-25(7-13-29(22)36(35)52)42-39-44-37(40)43-38(45-39)41-23-3-9-27(10-4-23)65(53,54)55/h3-19,52H,1-2H3,(H,53,54,55)(H,56,57,58)(H,59,60,61)(H,62,63,64)(H2,41,42,43,44,45). The number of hydrogen-bond donors (Lipinski definition) is 7. The van der Waals surface area contributed by atoms with Crippen molar-refractivity contribution in [3.05, 3.63) is 120 Å². The van der Waals surface area contributed by atoms with Gasteiger partial charge in [0.2, 0.25) is 17.2 Å². The van der Waals surface area contributed by atoms with Gasteiger partial charge in [0.1, 0.15) is 21.2 Å². The number of nitrogens with one attached hydrogen (secondary N) is 2. The van der Waals surface area contributed by atoms with Gasteiger partial charge in [0.25, 0.3) is 40.5 Å². The molecule has 0 amide bonds. The predicted molar refractivity (Wildman–Crippen MR) is 244 cm³/mol. The van der Waals surface area contributed by atoms with Crippen molar-refractivity contribution in [2.75, 3.05) is 10.6 Å². The molecule has 7 aromatic rings. The quantitative estimate of drug-likeness (QED) is 0.0393. The predicted octanol–water partition coefficient (Wildman–Crippen LogP) is 9.72. The Morgan fingerprint density at radius 1 is 0.485 bits per heavy atom. The zero-order valence-electron chi connectivity index (χ0n) is 34.4. The number of halogens is 1. The van der Waals surface area contributed by atoms with Gasteiger partial charge in [-0.2, -0.15) is 69.1 Å². The summed E-state index contributed by atoms with van der Waals surface area (Å²) < 4.78 is 134. The summed E-state index contributed by atoms with van der Waals surface area (Å²) >= 11 is 6.11. The lowest BCUT2D eigenvalue weighted by Crippen LogP contribution is -2.04. The second-order valence-corrected chi connectivity index (χ2v) is 20.1. The van der Waals surface area contributed by atoms with Gasteiger partial charge >= 0.3 is 0 Å². The molecular weight excluding hydrogens is 994 g/mol. The van der Waals surface area contributed by atoms with Crippen LogP contribution in [0.3, 0.4) is 0 Å². The van der Waals surface area contributed by atoms with Gasteiger partial charge in [-0.15, -0.1) is 10.2 Å². The number of aromatic nitrogens is 3. The number of aromatic hydroxyl groups is 1. The fraction of sp³-hybridized carbons (Fsp3) is 0.0513. The normalized spacial score (nSPS) is 12.7. The van der Waals surface area contributed by atoms with E-state index in [1.165, 1.54) is 66.7 Å². The highest BCUT2D eigenvalue weighted by atomic mass is 35.5. The van der Waals surface area contributed by atoms with Gasteiger partial charge < -0.3 is 15.7 Å². The van der Waals surface area contributed by atoms with Crippen LogP contribution in [-0.2, 0) is 40.5 Å². The molecule has 7 N–H and O–H groups in total. The fourth-order valence-electron chi connectivity index (χ4n) is 6.02. The van der Waals surface area contributed by atoms with Crippen LogP contribution in [0, 0.1) is 13.8 Å². The van der Waals surface area contributed by atoms with E-state index < -0.39 is 61.7 Å². The van der Waals surface area contributed by atoms with E-state index >= 15 is 0 Å². The van der Waals surface area contributed by atoms with Gasteiger partial charge in [-0.05, 0) is 145 Å². The van der Waals surface area contributed by atoms with Gasteiger partial charge in [0, 0.05) is 16.8 Å². The smallest absolute Gasteiger partial charge is 0.296 e. The third kappa shape index (κ3) is 11.6. The monoisotopic (exact) mass is 1020 g/mol. The highest BCUT2D eigenvalue weighted by Crippen LogP contribution is 2.43. The lowest BCUT2D eigenvalue weighted by atomic mass is 10.1. The molecule has 24 nitrogen and oxygen atoms in total. The van der Waals surface area contributed by atoms with E-state index in [0.717, 1.165) is 36.4 Å². The van der Waals surface area contributed by atoms with Crippen molar-refractivity contribution in [2.45, 2.75) is 33.4 Å². The highest BCUT2D eigenvalue weighted by molar-refractivity contribution is 7.86. The minimum atomic E-state index is -5.04. The average Bonchev–Trinajstić information content (AvgIpc) is 3.24. The van der Waals surface area contributed by atoms with E-state index in [9.17, 15) is 52.4 Å². The summed E-state index contributed by atoms with van der Waals surface area (Å²) in [5, 5.41) is 41.0. The van der Waals surface area contributed by atoms with Crippen LogP contribution in [0.2, 0.25) is 5.28 Å². The molecule has 0 unspecified atom stereocenters. The van der Waals surface area contributed by atoms with Gasteiger partial charge in [-0.25, -0.2) is 0 Å². The number of phenols is 1. The van der Waals surface area contributed by atoms with Crippen LogP contribution >= 0.6 is 11.6 Å². The first-order valence-electron chi connectivity index (χ1n) is 18.7. The van der Waals surface area contributed by atoms with Crippen molar-refractivity contribution in [1.29, 1.82) is 0 Å². The molecule has 0 spiro atoms. The molecule has 6 aromatic carbocycles. The van der Waals surface area contributed by atoms with E-state index in [-0.39, 0.29) is 71.9 Å². The Hall–Kier alpha value is -7.28. The maximum absolute atomic E-state index is 12.6. The number of hydrogen-bond acceptors (Lipinski definition) is 20. The molecule has 1 aromatic heterocycles. The summed E-state index contributed by atoms with van der Waals surface area (Å²) in [6.45, 7) is 3.19. The largest absolute Gasteiger partial charge is 0.505 e. The van der Waals surface area contributed by atoms with Crippen molar-refractivity contribution in [3.8, 4) is 5.75 Å². The lowest BCUT2D eigenvalue weighted by Gasteiger charge is -2.12. The summed E-state index contributed by atoms with van der Waals surface area (Å²) in [5.41, 5.74) is 1.06. The minimum Gasteiger partial charge on any atom is -0.505 e. The van der Waals surface area contributed by atoms with E-state index in [0.29, 0.717) is 16.8 Å². The van der Waals surface area contributed by atoms with Crippen LogP contribution in [0.15, 0.2) is 153 Å². The van der Waals surface area contributed by atoms with E-state index in [2.05, 4.69) is 56.3 Å².